The highest BCUT2D eigenvalue weighted by atomic mass is 16.7. The van der Waals surface area contributed by atoms with Crippen LogP contribution in [0, 0.1) is 0 Å². The molecule has 0 aliphatic carbocycles. The summed E-state index contributed by atoms with van der Waals surface area (Å²) >= 11 is 0. The number of urea groups is 1. The molecule has 5 rings (SSSR count). The predicted molar refractivity (Wildman–Crippen MR) is 109 cm³/mol. The number of nitrogens with one attached hydrogen (secondary N) is 1. The van der Waals surface area contributed by atoms with Crippen molar-refractivity contribution in [1.82, 2.24) is 10.2 Å². The van der Waals surface area contributed by atoms with Gasteiger partial charge in [-0.1, -0.05) is 24.3 Å². The third-order valence-corrected chi connectivity index (χ3v) is 5.68. The zero-order valence-corrected chi connectivity index (χ0v) is 16.6. The fourth-order valence-corrected chi connectivity index (χ4v) is 3.92. The van der Waals surface area contributed by atoms with Gasteiger partial charge in [0.1, 0.15) is 11.3 Å². The highest BCUT2D eigenvalue weighted by molar-refractivity contribution is 6.07. The van der Waals surface area contributed by atoms with Crippen LogP contribution in [-0.4, -0.2) is 30.7 Å². The van der Waals surface area contributed by atoms with Gasteiger partial charge in [0.2, 0.25) is 6.79 Å². The number of carbonyl (C=O) groups is 2. The van der Waals surface area contributed by atoms with Crippen molar-refractivity contribution < 1.29 is 23.8 Å². The van der Waals surface area contributed by atoms with Crippen molar-refractivity contribution in [2.75, 3.05) is 13.9 Å². The Hall–Kier alpha value is -3.74. The molecule has 7 nitrogen and oxygen atoms in total. The standard InChI is InChI=1S/C23H20N2O5/c1-23(17-6-4-16-11-18(28-2)7-5-15(16)10-17)21(26)25(22(27)24-23)12-14-3-8-19-20(9-14)30-13-29-19/h3-11H,12-13H2,1-2H3,(H,24,27)/t23-/m1/s1. The molecule has 152 valence electrons. The van der Waals surface area contributed by atoms with E-state index in [-0.39, 0.29) is 19.2 Å². The van der Waals surface area contributed by atoms with Crippen molar-refractivity contribution in [2.45, 2.75) is 19.0 Å². The largest absolute Gasteiger partial charge is 0.497 e. The lowest BCUT2D eigenvalue weighted by Gasteiger charge is -2.23. The molecule has 0 saturated carbocycles. The molecule has 30 heavy (non-hydrogen) atoms. The molecule has 0 aromatic heterocycles. The Labute approximate surface area is 173 Å². The zero-order chi connectivity index (χ0) is 20.9. The number of nitrogens with zero attached hydrogens (tertiary/aromatic N) is 1. The zero-order valence-electron chi connectivity index (χ0n) is 16.6. The molecule has 2 aliphatic heterocycles. The molecule has 3 aromatic carbocycles. The maximum Gasteiger partial charge on any atom is 0.325 e. The molecule has 0 spiro atoms. The quantitative estimate of drug-likeness (QED) is 0.673. The van der Waals surface area contributed by atoms with Crippen LogP contribution in [0.5, 0.6) is 17.2 Å². The molecule has 1 N–H and O–H groups in total. The minimum absolute atomic E-state index is 0.154. The van der Waals surface area contributed by atoms with Gasteiger partial charge < -0.3 is 19.5 Å². The molecule has 2 aliphatic rings. The fourth-order valence-electron chi connectivity index (χ4n) is 3.92. The Morgan fingerprint density at radius 1 is 1.00 bits per heavy atom. The maximum atomic E-state index is 13.3. The van der Waals surface area contributed by atoms with Crippen molar-refractivity contribution in [3.8, 4) is 17.2 Å². The van der Waals surface area contributed by atoms with Gasteiger partial charge in [-0.25, -0.2) is 4.79 Å². The van der Waals surface area contributed by atoms with Crippen molar-refractivity contribution >= 4 is 22.7 Å². The summed E-state index contributed by atoms with van der Waals surface area (Å²) in [5, 5.41) is 4.82. The van der Waals surface area contributed by atoms with Crippen LogP contribution in [0.3, 0.4) is 0 Å². The van der Waals surface area contributed by atoms with Crippen molar-refractivity contribution in [3.63, 3.8) is 0 Å². The summed E-state index contributed by atoms with van der Waals surface area (Å²) in [5.74, 6) is 1.75. The molecule has 1 atom stereocenters. The number of imide groups is 1. The Bertz CT molecular complexity index is 1190. The lowest BCUT2D eigenvalue weighted by molar-refractivity contribution is -0.131. The SMILES string of the molecule is COc1ccc2cc([C@@]3(C)NC(=O)N(Cc4ccc5c(c4)OCO5)C3=O)ccc2c1. The van der Waals surface area contributed by atoms with Gasteiger partial charge in [-0.05, 0) is 59.2 Å². The van der Waals surface area contributed by atoms with Crippen molar-refractivity contribution in [3.05, 3.63) is 65.7 Å². The van der Waals surface area contributed by atoms with Gasteiger partial charge in [-0.3, -0.25) is 9.69 Å². The number of fused-ring (bicyclic) bond motifs is 2. The number of hydrogen-bond donors (Lipinski definition) is 1. The number of benzene rings is 3. The van der Waals surface area contributed by atoms with E-state index >= 15 is 0 Å². The van der Waals surface area contributed by atoms with E-state index in [4.69, 9.17) is 14.2 Å². The number of carbonyl (C=O) groups excluding carboxylic acids is 2. The smallest absolute Gasteiger partial charge is 0.325 e. The predicted octanol–water partition coefficient (Wildman–Crippen LogP) is 3.54. The molecule has 1 fully saturated rings. The van der Waals surface area contributed by atoms with Gasteiger partial charge in [0, 0.05) is 0 Å². The number of amides is 3. The first kappa shape index (κ1) is 18.3. The summed E-state index contributed by atoms with van der Waals surface area (Å²) in [7, 11) is 1.62. The number of hydrogen-bond acceptors (Lipinski definition) is 5. The molecule has 7 heteroatoms. The molecule has 3 aromatic rings. The molecule has 3 amide bonds. The van der Waals surface area contributed by atoms with Crippen LogP contribution in [0.15, 0.2) is 54.6 Å². The van der Waals surface area contributed by atoms with Gasteiger partial charge in [0.25, 0.3) is 5.91 Å². The van der Waals surface area contributed by atoms with E-state index in [2.05, 4.69) is 5.32 Å². The van der Waals surface area contributed by atoms with E-state index in [1.165, 1.54) is 4.90 Å². The Morgan fingerprint density at radius 3 is 2.60 bits per heavy atom. The average Bonchev–Trinajstić information content (AvgIpc) is 3.31. The average molecular weight is 404 g/mol. The summed E-state index contributed by atoms with van der Waals surface area (Å²) in [5.41, 5.74) is 0.381. The second-order valence-electron chi connectivity index (χ2n) is 7.56. The lowest BCUT2D eigenvalue weighted by atomic mass is 9.90. The van der Waals surface area contributed by atoms with Crippen molar-refractivity contribution in [2.24, 2.45) is 0 Å². The first-order valence-electron chi connectivity index (χ1n) is 9.59. The topological polar surface area (TPSA) is 77.1 Å². The molecular weight excluding hydrogens is 384 g/mol. The van der Waals surface area contributed by atoms with Crippen LogP contribution in [-0.2, 0) is 16.9 Å². The monoisotopic (exact) mass is 404 g/mol. The molecule has 0 bridgehead atoms. The summed E-state index contributed by atoms with van der Waals surface area (Å²) in [6, 6.07) is 16.4. The summed E-state index contributed by atoms with van der Waals surface area (Å²) in [6.07, 6.45) is 0. The van der Waals surface area contributed by atoms with Gasteiger partial charge in [0.15, 0.2) is 11.5 Å². The van der Waals surface area contributed by atoms with Gasteiger partial charge in [-0.15, -0.1) is 0 Å². The van der Waals surface area contributed by atoms with E-state index in [1.807, 2.05) is 42.5 Å². The van der Waals surface area contributed by atoms with E-state index < -0.39 is 11.6 Å². The molecule has 1 saturated heterocycles. The molecule has 0 radical (unpaired) electrons. The van der Waals surface area contributed by atoms with Gasteiger partial charge in [0.05, 0.1) is 13.7 Å². The first-order chi connectivity index (χ1) is 14.5. The van der Waals surface area contributed by atoms with Crippen LogP contribution < -0.4 is 19.5 Å². The second-order valence-corrected chi connectivity index (χ2v) is 7.56. The second kappa shape index (κ2) is 6.66. The number of methoxy groups -OCH3 is 1. The summed E-state index contributed by atoms with van der Waals surface area (Å²) in [6.45, 7) is 2.06. The van der Waals surface area contributed by atoms with Gasteiger partial charge in [-0.2, -0.15) is 0 Å². The lowest BCUT2D eigenvalue weighted by Crippen LogP contribution is -2.40. The minimum Gasteiger partial charge on any atom is -0.497 e. The molecule has 2 heterocycles. The van der Waals surface area contributed by atoms with Crippen LogP contribution in [0.1, 0.15) is 18.1 Å². The van der Waals surface area contributed by atoms with Crippen molar-refractivity contribution in [1.29, 1.82) is 0 Å². The first-order valence-corrected chi connectivity index (χ1v) is 9.59. The summed E-state index contributed by atoms with van der Waals surface area (Å²) < 4.78 is 16.0. The van der Waals surface area contributed by atoms with E-state index in [0.717, 1.165) is 27.6 Å². The Morgan fingerprint density at radius 2 is 1.77 bits per heavy atom. The van der Waals surface area contributed by atoms with Crippen LogP contribution in [0.2, 0.25) is 0 Å². The van der Waals surface area contributed by atoms with Gasteiger partial charge >= 0.3 is 6.03 Å². The molecule has 0 unspecified atom stereocenters. The third-order valence-electron chi connectivity index (χ3n) is 5.68. The number of ether oxygens (including phenoxy) is 3. The van der Waals surface area contributed by atoms with E-state index in [9.17, 15) is 9.59 Å². The normalized spacial score (nSPS) is 20.0. The highest BCUT2D eigenvalue weighted by Crippen LogP contribution is 2.35. The van der Waals surface area contributed by atoms with Crippen LogP contribution >= 0.6 is 0 Å². The van der Waals surface area contributed by atoms with Crippen LogP contribution in [0.25, 0.3) is 10.8 Å². The van der Waals surface area contributed by atoms with Crippen LogP contribution in [0.4, 0.5) is 4.79 Å². The van der Waals surface area contributed by atoms with E-state index in [1.54, 1.807) is 26.2 Å². The summed E-state index contributed by atoms with van der Waals surface area (Å²) in [4.78, 5) is 27.2. The molecular formula is C23H20N2O5. The van der Waals surface area contributed by atoms with E-state index in [0.29, 0.717) is 11.5 Å². The highest BCUT2D eigenvalue weighted by Gasteiger charge is 2.49. The Kier molecular flexibility index (Phi) is 4.06. The fraction of sp³-hybridized carbons (Fsp3) is 0.217. The third kappa shape index (κ3) is 2.82. The minimum atomic E-state index is -1.14. The maximum absolute atomic E-state index is 13.3. The Balaban J connectivity index is 1.44. The number of rotatable bonds is 4.